The molecule has 1 aromatic heterocycles. The Labute approximate surface area is 130 Å². The van der Waals surface area contributed by atoms with E-state index in [1.54, 1.807) is 18.5 Å². The van der Waals surface area contributed by atoms with Crippen LogP contribution in [0.25, 0.3) is 0 Å². The third kappa shape index (κ3) is 2.49. The van der Waals surface area contributed by atoms with Crippen molar-refractivity contribution in [1.82, 2.24) is 14.7 Å². The van der Waals surface area contributed by atoms with E-state index in [1.165, 1.54) is 0 Å². The summed E-state index contributed by atoms with van der Waals surface area (Å²) in [5.41, 5.74) is -0.166. The standard InChI is InChI=1S/C14H20N4O3S/c19-22(20,12-2-3-12)17-8-14-9-18(6-11(14)7-21-10-14)13-15-4-1-5-16-13/h1,4-5,11-12,17H,2-3,6-10H2/t11-,14+/m1/s1. The summed E-state index contributed by atoms with van der Waals surface area (Å²) in [5, 5.41) is -0.181. The Morgan fingerprint density at radius 2 is 2.14 bits per heavy atom. The average molecular weight is 324 g/mol. The predicted molar refractivity (Wildman–Crippen MR) is 80.9 cm³/mol. The van der Waals surface area contributed by atoms with E-state index in [-0.39, 0.29) is 10.7 Å². The lowest BCUT2D eigenvalue weighted by molar-refractivity contribution is 0.156. The molecular weight excluding hydrogens is 304 g/mol. The average Bonchev–Trinajstić information content (AvgIpc) is 3.22. The maximum Gasteiger partial charge on any atom is 0.225 e. The summed E-state index contributed by atoms with van der Waals surface area (Å²) in [6.45, 7) is 3.26. The summed E-state index contributed by atoms with van der Waals surface area (Å²) < 4.78 is 32.7. The van der Waals surface area contributed by atoms with Gasteiger partial charge in [0.15, 0.2) is 0 Å². The summed E-state index contributed by atoms with van der Waals surface area (Å²) in [5.74, 6) is 1.03. The molecule has 2 aliphatic heterocycles. The Morgan fingerprint density at radius 1 is 1.36 bits per heavy atom. The number of anilines is 1. The number of rotatable bonds is 5. The van der Waals surface area contributed by atoms with E-state index in [2.05, 4.69) is 19.6 Å². The van der Waals surface area contributed by atoms with Crippen molar-refractivity contribution in [2.45, 2.75) is 18.1 Å². The van der Waals surface area contributed by atoms with E-state index >= 15 is 0 Å². The molecule has 2 atom stereocenters. The van der Waals surface area contributed by atoms with E-state index in [4.69, 9.17) is 4.74 Å². The molecule has 3 heterocycles. The quantitative estimate of drug-likeness (QED) is 0.821. The predicted octanol–water partition coefficient (Wildman–Crippen LogP) is 0.0112. The van der Waals surface area contributed by atoms with Crippen LogP contribution in [-0.4, -0.2) is 56.5 Å². The normalized spacial score (nSPS) is 31.5. The molecule has 0 amide bonds. The lowest BCUT2D eigenvalue weighted by Crippen LogP contribution is -2.44. The minimum atomic E-state index is -3.16. The van der Waals surface area contributed by atoms with Crippen LogP contribution < -0.4 is 9.62 Å². The van der Waals surface area contributed by atoms with Gasteiger partial charge in [0.1, 0.15) is 0 Å². The van der Waals surface area contributed by atoms with Gasteiger partial charge >= 0.3 is 0 Å². The summed E-state index contributed by atoms with van der Waals surface area (Å²) in [6, 6.07) is 1.79. The van der Waals surface area contributed by atoms with Crippen molar-refractivity contribution in [3.05, 3.63) is 18.5 Å². The molecule has 1 saturated carbocycles. The van der Waals surface area contributed by atoms with E-state index in [0.717, 1.165) is 25.9 Å². The second-order valence-corrected chi connectivity index (χ2v) is 8.61. The van der Waals surface area contributed by atoms with Crippen LogP contribution in [0.5, 0.6) is 0 Å². The molecular formula is C14H20N4O3S. The number of ether oxygens (including phenoxy) is 1. The van der Waals surface area contributed by atoms with Gasteiger partial charge in [0.25, 0.3) is 0 Å². The molecule has 22 heavy (non-hydrogen) atoms. The Kier molecular flexibility index (Phi) is 3.35. The smallest absolute Gasteiger partial charge is 0.225 e. The van der Waals surface area contributed by atoms with Crippen molar-refractivity contribution >= 4 is 16.0 Å². The number of fused-ring (bicyclic) bond motifs is 1. The maximum atomic E-state index is 12.1. The van der Waals surface area contributed by atoms with Crippen LogP contribution in [0.2, 0.25) is 0 Å². The van der Waals surface area contributed by atoms with Crippen molar-refractivity contribution in [2.24, 2.45) is 11.3 Å². The van der Waals surface area contributed by atoms with E-state index in [0.29, 0.717) is 31.6 Å². The topological polar surface area (TPSA) is 84.4 Å². The second-order valence-electron chi connectivity index (χ2n) is 6.57. The monoisotopic (exact) mass is 324 g/mol. The number of aromatic nitrogens is 2. The minimum Gasteiger partial charge on any atom is -0.380 e. The highest BCUT2D eigenvalue weighted by molar-refractivity contribution is 7.90. The second kappa shape index (κ2) is 5.14. The molecule has 120 valence electrons. The van der Waals surface area contributed by atoms with Gasteiger partial charge in [0.2, 0.25) is 16.0 Å². The Hall–Kier alpha value is -1.25. The van der Waals surface area contributed by atoms with Gasteiger partial charge in [-0.2, -0.15) is 0 Å². The van der Waals surface area contributed by atoms with Gasteiger partial charge in [-0.3, -0.25) is 0 Å². The van der Waals surface area contributed by atoms with Gasteiger partial charge in [0, 0.05) is 43.4 Å². The number of sulfonamides is 1. The first-order valence-electron chi connectivity index (χ1n) is 7.67. The van der Waals surface area contributed by atoms with Crippen LogP contribution in [0, 0.1) is 11.3 Å². The molecule has 2 saturated heterocycles. The van der Waals surface area contributed by atoms with Gasteiger partial charge < -0.3 is 9.64 Å². The summed E-state index contributed by atoms with van der Waals surface area (Å²) >= 11 is 0. The lowest BCUT2D eigenvalue weighted by Gasteiger charge is -2.27. The SMILES string of the molecule is O=S(=O)(NC[C@]12COC[C@H]1CN(c1ncccn1)C2)C1CC1. The Balaban J connectivity index is 1.49. The fourth-order valence-electron chi connectivity index (χ4n) is 3.43. The van der Waals surface area contributed by atoms with Crippen LogP contribution in [-0.2, 0) is 14.8 Å². The van der Waals surface area contributed by atoms with Gasteiger partial charge in [-0.1, -0.05) is 0 Å². The molecule has 0 unspecified atom stereocenters. The number of hydrogen-bond acceptors (Lipinski definition) is 6. The molecule has 0 radical (unpaired) electrons. The molecule has 1 aliphatic carbocycles. The minimum absolute atomic E-state index is 0.166. The highest BCUT2D eigenvalue weighted by atomic mass is 32.2. The maximum absolute atomic E-state index is 12.1. The largest absolute Gasteiger partial charge is 0.380 e. The van der Waals surface area contributed by atoms with Crippen molar-refractivity contribution in [2.75, 3.05) is 37.7 Å². The molecule has 8 heteroatoms. The fourth-order valence-corrected chi connectivity index (χ4v) is 4.91. The van der Waals surface area contributed by atoms with Gasteiger partial charge in [0.05, 0.1) is 18.5 Å². The molecule has 1 N–H and O–H groups in total. The van der Waals surface area contributed by atoms with Crippen molar-refractivity contribution < 1.29 is 13.2 Å². The third-order valence-electron chi connectivity index (χ3n) is 4.94. The first-order chi connectivity index (χ1) is 10.6. The molecule has 3 fully saturated rings. The fraction of sp³-hybridized carbons (Fsp3) is 0.714. The first kappa shape index (κ1) is 14.3. The molecule has 4 rings (SSSR count). The van der Waals surface area contributed by atoms with Crippen LogP contribution in [0.1, 0.15) is 12.8 Å². The molecule has 3 aliphatic rings. The van der Waals surface area contributed by atoms with Crippen LogP contribution in [0.15, 0.2) is 18.5 Å². The summed E-state index contributed by atoms with van der Waals surface area (Å²) in [4.78, 5) is 10.7. The van der Waals surface area contributed by atoms with Crippen molar-refractivity contribution in [3.8, 4) is 0 Å². The lowest BCUT2D eigenvalue weighted by atomic mass is 9.81. The van der Waals surface area contributed by atoms with Crippen molar-refractivity contribution in [1.29, 1.82) is 0 Å². The van der Waals surface area contributed by atoms with Gasteiger partial charge in [-0.05, 0) is 18.9 Å². The zero-order valence-electron chi connectivity index (χ0n) is 12.3. The number of nitrogens with zero attached hydrogens (tertiary/aromatic N) is 3. The highest BCUT2D eigenvalue weighted by Gasteiger charge is 2.52. The third-order valence-corrected chi connectivity index (χ3v) is 6.84. The zero-order chi connectivity index (χ0) is 15.2. The zero-order valence-corrected chi connectivity index (χ0v) is 13.1. The van der Waals surface area contributed by atoms with E-state index in [9.17, 15) is 8.42 Å². The summed E-state index contributed by atoms with van der Waals surface area (Å²) in [6.07, 6.45) is 5.03. The summed E-state index contributed by atoms with van der Waals surface area (Å²) in [7, 11) is -3.16. The van der Waals surface area contributed by atoms with E-state index in [1.807, 2.05) is 0 Å². The molecule has 7 nitrogen and oxygen atoms in total. The van der Waals surface area contributed by atoms with Crippen LogP contribution >= 0.6 is 0 Å². The van der Waals surface area contributed by atoms with Crippen LogP contribution in [0.3, 0.4) is 0 Å². The van der Waals surface area contributed by atoms with Gasteiger partial charge in [-0.25, -0.2) is 23.1 Å². The molecule has 0 spiro atoms. The molecule has 1 aromatic rings. The van der Waals surface area contributed by atoms with E-state index < -0.39 is 10.0 Å². The molecule has 0 aromatic carbocycles. The molecule has 0 bridgehead atoms. The van der Waals surface area contributed by atoms with Crippen molar-refractivity contribution in [3.63, 3.8) is 0 Å². The number of hydrogen-bond donors (Lipinski definition) is 1. The highest BCUT2D eigenvalue weighted by Crippen LogP contribution is 2.42. The first-order valence-corrected chi connectivity index (χ1v) is 9.22. The van der Waals surface area contributed by atoms with Crippen LogP contribution in [0.4, 0.5) is 5.95 Å². The Bertz CT molecular complexity index is 649. The Morgan fingerprint density at radius 3 is 2.86 bits per heavy atom. The van der Waals surface area contributed by atoms with Gasteiger partial charge in [-0.15, -0.1) is 0 Å². The number of nitrogens with one attached hydrogen (secondary N) is 1.